The molecule has 8 nitrogen and oxygen atoms in total. The highest BCUT2D eigenvalue weighted by molar-refractivity contribution is 5.87. The van der Waals surface area contributed by atoms with E-state index in [0.29, 0.717) is 35.0 Å². The fourth-order valence-electron chi connectivity index (χ4n) is 3.08. The molecule has 0 fully saturated rings. The topological polar surface area (TPSA) is 105 Å². The Bertz CT molecular complexity index is 1140. The fraction of sp³-hybridized carbons (Fsp3) is 0.263. The summed E-state index contributed by atoms with van der Waals surface area (Å²) in [4.78, 5) is 16.0. The molecule has 0 saturated heterocycles. The van der Waals surface area contributed by atoms with Crippen molar-refractivity contribution in [3.8, 4) is 22.5 Å². The summed E-state index contributed by atoms with van der Waals surface area (Å²) in [5.41, 5.74) is 4.10. The van der Waals surface area contributed by atoms with Gasteiger partial charge in [0.05, 0.1) is 12.3 Å². The summed E-state index contributed by atoms with van der Waals surface area (Å²) in [7, 11) is 0. The summed E-state index contributed by atoms with van der Waals surface area (Å²) in [5.74, 6) is 0.333. The monoisotopic (exact) mass is 399 g/mol. The van der Waals surface area contributed by atoms with Gasteiger partial charge in [-0.25, -0.2) is 23.7 Å². The molecule has 0 aliphatic carbocycles. The van der Waals surface area contributed by atoms with Crippen LogP contribution < -0.4 is 5.32 Å². The van der Waals surface area contributed by atoms with Gasteiger partial charge < -0.3 is 15.4 Å². The second-order valence-electron chi connectivity index (χ2n) is 6.51. The summed E-state index contributed by atoms with van der Waals surface area (Å²) in [5, 5.41) is 17.2. The zero-order valence-electron chi connectivity index (χ0n) is 15.6. The third-order valence-electron chi connectivity index (χ3n) is 4.42. The number of fused-ring (bicyclic) bond motifs is 1. The second kappa shape index (κ2) is 7.92. The number of hydrogen-bond donors (Lipinski definition) is 3. The molecule has 4 rings (SSSR count). The first-order valence-corrected chi connectivity index (χ1v) is 9.03. The molecule has 0 unspecified atom stereocenters. The number of rotatable bonds is 7. The summed E-state index contributed by atoms with van der Waals surface area (Å²) in [6.45, 7) is 1.68. The quantitative estimate of drug-likeness (QED) is 0.441. The molecule has 4 heterocycles. The lowest BCUT2D eigenvalue weighted by atomic mass is 10.1. The number of alkyl halides is 2. The van der Waals surface area contributed by atoms with Crippen molar-refractivity contribution in [2.24, 2.45) is 0 Å². The molecular weight excluding hydrogens is 380 g/mol. The summed E-state index contributed by atoms with van der Waals surface area (Å²) in [6, 6.07) is 3.61. The predicted molar refractivity (Wildman–Crippen MR) is 105 cm³/mol. The standard InChI is InChI=1S/C19H19F2N7O/c1-11-7-24-18-13(11)6-12(8-25-18)17-14(9-28(27-17)10-16(20)21)15-2-3-22-19(26-15)23-4-5-29/h2-3,6-9,16,29H,4-5,10H2,1H3,(H,24,25)(H,22,23,26). The SMILES string of the molecule is Cc1c[nH]c2ncc(-c3nn(CC(F)F)cc3-c3ccnc(NCCO)n3)cc12. The number of anilines is 1. The van der Waals surface area contributed by atoms with E-state index in [-0.39, 0.29) is 6.61 Å². The average molecular weight is 399 g/mol. The number of nitrogens with one attached hydrogen (secondary N) is 2. The van der Waals surface area contributed by atoms with Crippen molar-refractivity contribution in [2.45, 2.75) is 19.9 Å². The van der Waals surface area contributed by atoms with Crippen LogP contribution in [0.15, 0.2) is 36.9 Å². The maximum atomic E-state index is 13.0. The van der Waals surface area contributed by atoms with Gasteiger partial charge in [0.15, 0.2) is 0 Å². The smallest absolute Gasteiger partial charge is 0.257 e. The predicted octanol–water partition coefficient (Wildman–Crippen LogP) is 2.86. The molecule has 4 aromatic rings. The number of halogens is 2. The highest BCUT2D eigenvalue weighted by Gasteiger charge is 2.18. The number of aromatic nitrogens is 6. The first-order chi connectivity index (χ1) is 14.0. The molecule has 150 valence electrons. The van der Waals surface area contributed by atoms with Gasteiger partial charge in [-0.2, -0.15) is 5.10 Å². The first-order valence-electron chi connectivity index (χ1n) is 9.03. The Morgan fingerprint density at radius 3 is 2.97 bits per heavy atom. The van der Waals surface area contributed by atoms with E-state index in [1.165, 1.54) is 4.68 Å². The lowest BCUT2D eigenvalue weighted by Crippen LogP contribution is -2.08. The number of aryl methyl sites for hydroxylation is 1. The molecule has 0 aliphatic heterocycles. The summed E-state index contributed by atoms with van der Waals surface area (Å²) in [6.07, 6.45) is 4.10. The summed E-state index contributed by atoms with van der Waals surface area (Å²) >= 11 is 0. The van der Waals surface area contributed by atoms with Gasteiger partial charge in [0.2, 0.25) is 5.95 Å². The van der Waals surface area contributed by atoms with Gasteiger partial charge in [-0.15, -0.1) is 0 Å². The number of H-pyrrole nitrogens is 1. The maximum Gasteiger partial charge on any atom is 0.257 e. The number of aromatic amines is 1. The van der Waals surface area contributed by atoms with Crippen molar-refractivity contribution in [3.63, 3.8) is 0 Å². The van der Waals surface area contributed by atoms with E-state index in [4.69, 9.17) is 5.11 Å². The normalized spacial score (nSPS) is 11.5. The zero-order valence-corrected chi connectivity index (χ0v) is 15.6. The Morgan fingerprint density at radius 1 is 1.31 bits per heavy atom. The molecule has 0 spiro atoms. The van der Waals surface area contributed by atoms with Crippen LogP contribution in [0.5, 0.6) is 0 Å². The fourth-order valence-corrected chi connectivity index (χ4v) is 3.08. The molecule has 29 heavy (non-hydrogen) atoms. The average Bonchev–Trinajstić information content (AvgIpc) is 3.29. The number of aliphatic hydroxyl groups excluding tert-OH is 1. The zero-order chi connectivity index (χ0) is 20.4. The van der Waals surface area contributed by atoms with Gasteiger partial charge in [-0.1, -0.05) is 0 Å². The van der Waals surface area contributed by atoms with Crippen LogP contribution in [0.3, 0.4) is 0 Å². The summed E-state index contributed by atoms with van der Waals surface area (Å²) < 4.78 is 27.1. The van der Waals surface area contributed by atoms with E-state index in [1.807, 2.05) is 19.2 Å². The lowest BCUT2D eigenvalue weighted by Gasteiger charge is -2.06. The largest absolute Gasteiger partial charge is 0.395 e. The molecule has 0 aliphatic rings. The number of nitrogens with zero attached hydrogens (tertiary/aromatic N) is 5. The molecule has 0 saturated carbocycles. The van der Waals surface area contributed by atoms with Crippen LogP contribution in [-0.2, 0) is 6.54 Å². The molecule has 0 atom stereocenters. The molecular formula is C19H19F2N7O. The molecule has 0 aromatic carbocycles. The van der Waals surface area contributed by atoms with Gasteiger partial charge >= 0.3 is 0 Å². The molecule has 4 aromatic heterocycles. The van der Waals surface area contributed by atoms with E-state index in [0.717, 1.165) is 16.6 Å². The second-order valence-corrected chi connectivity index (χ2v) is 6.51. The van der Waals surface area contributed by atoms with Crippen LogP contribution in [0.4, 0.5) is 14.7 Å². The Balaban J connectivity index is 1.82. The first kappa shape index (κ1) is 18.9. The van der Waals surface area contributed by atoms with Crippen LogP contribution in [-0.4, -0.2) is 54.4 Å². The number of aliphatic hydroxyl groups is 1. The van der Waals surface area contributed by atoms with Gasteiger partial charge in [0.1, 0.15) is 17.9 Å². The minimum atomic E-state index is -2.53. The Labute approximate surface area is 164 Å². The highest BCUT2D eigenvalue weighted by Crippen LogP contribution is 2.32. The molecule has 0 amide bonds. The van der Waals surface area contributed by atoms with Crippen LogP contribution in [0, 0.1) is 6.92 Å². The minimum absolute atomic E-state index is 0.0626. The minimum Gasteiger partial charge on any atom is -0.395 e. The van der Waals surface area contributed by atoms with Crippen LogP contribution >= 0.6 is 0 Å². The van der Waals surface area contributed by atoms with E-state index in [2.05, 4.69) is 30.4 Å². The van der Waals surface area contributed by atoms with E-state index < -0.39 is 13.0 Å². The van der Waals surface area contributed by atoms with Gasteiger partial charge in [-0.3, -0.25) is 4.68 Å². The van der Waals surface area contributed by atoms with Crippen LogP contribution in [0.1, 0.15) is 5.56 Å². The van der Waals surface area contributed by atoms with E-state index >= 15 is 0 Å². The third kappa shape index (κ3) is 3.92. The van der Waals surface area contributed by atoms with Crippen molar-refractivity contribution >= 4 is 17.0 Å². The Hall–Kier alpha value is -3.40. The molecule has 0 radical (unpaired) electrons. The Morgan fingerprint density at radius 2 is 2.17 bits per heavy atom. The van der Waals surface area contributed by atoms with Crippen LogP contribution in [0.25, 0.3) is 33.5 Å². The van der Waals surface area contributed by atoms with Crippen LogP contribution in [0.2, 0.25) is 0 Å². The van der Waals surface area contributed by atoms with Gasteiger partial charge in [-0.05, 0) is 24.6 Å². The van der Waals surface area contributed by atoms with Crippen molar-refractivity contribution in [2.75, 3.05) is 18.5 Å². The molecule has 3 N–H and O–H groups in total. The van der Waals surface area contributed by atoms with Crippen molar-refractivity contribution in [3.05, 3.63) is 42.5 Å². The molecule has 10 heteroatoms. The van der Waals surface area contributed by atoms with Crippen molar-refractivity contribution < 1.29 is 13.9 Å². The maximum absolute atomic E-state index is 13.0. The van der Waals surface area contributed by atoms with Gasteiger partial charge in [0, 0.05) is 47.8 Å². The van der Waals surface area contributed by atoms with E-state index in [9.17, 15) is 8.78 Å². The highest BCUT2D eigenvalue weighted by atomic mass is 19.3. The van der Waals surface area contributed by atoms with E-state index in [1.54, 1.807) is 24.7 Å². The number of hydrogen-bond acceptors (Lipinski definition) is 6. The van der Waals surface area contributed by atoms with Gasteiger partial charge in [0.25, 0.3) is 6.43 Å². The molecule has 0 bridgehead atoms. The number of pyridine rings is 1. The van der Waals surface area contributed by atoms with Crippen molar-refractivity contribution in [1.29, 1.82) is 0 Å². The Kier molecular flexibility index (Phi) is 5.17. The third-order valence-corrected chi connectivity index (χ3v) is 4.42. The lowest BCUT2D eigenvalue weighted by molar-refractivity contribution is 0.122. The van der Waals surface area contributed by atoms with Crippen molar-refractivity contribution in [1.82, 2.24) is 29.7 Å².